The second kappa shape index (κ2) is 8.95. The van der Waals surface area contributed by atoms with Gasteiger partial charge in [-0.3, -0.25) is 9.69 Å². The van der Waals surface area contributed by atoms with Crippen molar-refractivity contribution in [3.63, 3.8) is 0 Å². The largest absolute Gasteiger partial charge is 0.379 e. The average molecular weight is 299 g/mol. The van der Waals surface area contributed by atoms with E-state index < -0.39 is 0 Å². The molecule has 0 saturated carbocycles. The molecule has 1 amide bonds. The summed E-state index contributed by atoms with van der Waals surface area (Å²) in [5, 5.41) is 2.92. The summed E-state index contributed by atoms with van der Waals surface area (Å²) in [5.74, 6) is 0.0945. The second-order valence-electron chi connectivity index (χ2n) is 4.97. The molecule has 1 fully saturated rings. The number of carbonyl (C=O) groups excluding carboxylic acids is 1. The number of benzene rings is 1. The smallest absolute Gasteiger partial charge is 0.224 e. The molecule has 112 valence electrons. The van der Waals surface area contributed by atoms with Gasteiger partial charge in [0.05, 0.1) is 13.2 Å². The van der Waals surface area contributed by atoms with Gasteiger partial charge in [-0.05, 0) is 32.0 Å². The van der Waals surface area contributed by atoms with Crippen LogP contribution >= 0.6 is 12.4 Å². The Hall–Kier alpha value is -1.10. The maximum atomic E-state index is 11.8. The maximum Gasteiger partial charge on any atom is 0.224 e. The number of anilines is 1. The molecule has 0 aliphatic carbocycles. The molecule has 0 spiro atoms. The van der Waals surface area contributed by atoms with E-state index in [1.807, 2.05) is 31.2 Å². The van der Waals surface area contributed by atoms with Crippen molar-refractivity contribution in [2.45, 2.75) is 19.8 Å². The van der Waals surface area contributed by atoms with Crippen LogP contribution < -0.4 is 5.32 Å². The number of nitrogens with zero attached hydrogens (tertiary/aromatic N) is 1. The molecule has 0 bridgehead atoms. The second-order valence-corrected chi connectivity index (χ2v) is 4.97. The zero-order chi connectivity index (χ0) is 13.5. The standard InChI is InChI=1S/C15H22N2O2.ClH/c1-13-4-6-14(7-5-13)16-15(18)3-2-8-17-9-11-19-12-10-17;/h4-7H,2-3,8-12H2,1H3,(H,16,18);1H. The number of aryl methyl sites for hydroxylation is 1. The summed E-state index contributed by atoms with van der Waals surface area (Å²) in [6.07, 6.45) is 1.48. The molecule has 5 heteroatoms. The van der Waals surface area contributed by atoms with Crippen molar-refractivity contribution in [3.8, 4) is 0 Å². The number of nitrogens with one attached hydrogen (secondary N) is 1. The highest BCUT2D eigenvalue weighted by molar-refractivity contribution is 5.90. The first-order valence-electron chi connectivity index (χ1n) is 6.91. The minimum Gasteiger partial charge on any atom is -0.379 e. The lowest BCUT2D eigenvalue weighted by atomic mass is 10.2. The molecule has 1 aromatic carbocycles. The molecule has 0 radical (unpaired) electrons. The van der Waals surface area contributed by atoms with Gasteiger partial charge in [-0.1, -0.05) is 17.7 Å². The topological polar surface area (TPSA) is 41.6 Å². The molecule has 1 heterocycles. The van der Waals surface area contributed by atoms with E-state index in [1.165, 1.54) is 5.56 Å². The van der Waals surface area contributed by atoms with Crippen LogP contribution in [0.25, 0.3) is 0 Å². The van der Waals surface area contributed by atoms with Gasteiger partial charge in [0.25, 0.3) is 0 Å². The summed E-state index contributed by atoms with van der Waals surface area (Å²) in [6.45, 7) is 6.61. The van der Waals surface area contributed by atoms with Gasteiger partial charge in [0.1, 0.15) is 0 Å². The van der Waals surface area contributed by atoms with E-state index >= 15 is 0 Å². The summed E-state index contributed by atoms with van der Waals surface area (Å²) in [5.41, 5.74) is 2.08. The highest BCUT2D eigenvalue weighted by atomic mass is 35.5. The lowest BCUT2D eigenvalue weighted by molar-refractivity contribution is -0.116. The zero-order valence-corrected chi connectivity index (χ0v) is 12.7. The molecule has 1 N–H and O–H groups in total. The van der Waals surface area contributed by atoms with Crippen molar-refractivity contribution in [1.82, 2.24) is 4.90 Å². The predicted octanol–water partition coefficient (Wildman–Crippen LogP) is 2.47. The number of halogens is 1. The van der Waals surface area contributed by atoms with Gasteiger partial charge < -0.3 is 10.1 Å². The van der Waals surface area contributed by atoms with Gasteiger partial charge in [-0.25, -0.2) is 0 Å². The third-order valence-corrected chi connectivity index (χ3v) is 3.32. The Kier molecular flexibility index (Phi) is 7.59. The average Bonchev–Trinajstić information content (AvgIpc) is 2.43. The normalized spacial score (nSPS) is 15.4. The number of rotatable bonds is 5. The van der Waals surface area contributed by atoms with Gasteiger partial charge in [0, 0.05) is 25.2 Å². The van der Waals surface area contributed by atoms with Crippen molar-refractivity contribution in [2.24, 2.45) is 0 Å². The summed E-state index contributed by atoms with van der Waals surface area (Å²) in [6, 6.07) is 7.89. The highest BCUT2D eigenvalue weighted by Gasteiger charge is 2.10. The van der Waals surface area contributed by atoms with Crippen molar-refractivity contribution >= 4 is 24.0 Å². The number of hydrogen-bond donors (Lipinski definition) is 1. The van der Waals surface area contributed by atoms with E-state index in [2.05, 4.69) is 10.2 Å². The number of hydrogen-bond acceptors (Lipinski definition) is 3. The van der Waals surface area contributed by atoms with Gasteiger partial charge in [-0.2, -0.15) is 0 Å². The summed E-state index contributed by atoms with van der Waals surface area (Å²) in [7, 11) is 0. The first kappa shape index (κ1) is 17.0. The van der Waals surface area contributed by atoms with Crippen molar-refractivity contribution in [2.75, 3.05) is 38.2 Å². The molecule has 1 aromatic rings. The summed E-state index contributed by atoms with van der Waals surface area (Å²) in [4.78, 5) is 14.1. The minimum atomic E-state index is 0. The van der Waals surface area contributed by atoms with E-state index in [-0.39, 0.29) is 18.3 Å². The number of morpholine rings is 1. The van der Waals surface area contributed by atoms with Crippen LogP contribution in [0.3, 0.4) is 0 Å². The Labute approximate surface area is 126 Å². The van der Waals surface area contributed by atoms with E-state index in [9.17, 15) is 4.79 Å². The molecule has 0 atom stereocenters. The van der Waals surface area contributed by atoms with E-state index in [4.69, 9.17) is 4.74 Å². The SMILES string of the molecule is Cc1ccc(NC(=O)CCCN2CCOCC2)cc1.Cl. The van der Waals surface area contributed by atoms with Crippen LogP contribution in [0.1, 0.15) is 18.4 Å². The van der Waals surface area contributed by atoms with Gasteiger partial charge in [0.2, 0.25) is 5.91 Å². The predicted molar refractivity (Wildman–Crippen MR) is 83.5 cm³/mol. The quantitative estimate of drug-likeness (QED) is 0.908. The monoisotopic (exact) mass is 298 g/mol. The molecule has 0 unspecified atom stereocenters. The van der Waals surface area contributed by atoms with Gasteiger partial charge in [0.15, 0.2) is 0 Å². The summed E-state index contributed by atoms with van der Waals surface area (Å²) >= 11 is 0. The first-order valence-corrected chi connectivity index (χ1v) is 6.91. The number of carbonyl (C=O) groups is 1. The lowest BCUT2D eigenvalue weighted by Gasteiger charge is -2.26. The first-order chi connectivity index (χ1) is 9.24. The fraction of sp³-hybridized carbons (Fsp3) is 0.533. The maximum absolute atomic E-state index is 11.8. The van der Waals surface area contributed by atoms with Crippen molar-refractivity contribution in [1.29, 1.82) is 0 Å². The Morgan fingerprint density at radius 3 is 2.55 bits per heavy atom. The fourth-order valence-corrected chi connectivity index (χ4v) is 2.15. The fourth-order valence-electron chi connectivity index (χ4n) is 2.15. The Bertz CT molecular complexity index is 403. The molecule has 4 nitrogen and oxygen atoms in total. The van der Waals surface area contributed by atoms with Crippen molar-refractivity contribution < 1.29 is 9.53 Å². The molecule has 20 heavy (non-hydrogen) atoms. The van der Waals surface area contributed by atoms with Crippen LogP contribution in [0.5, 0.6) is 0 Å². The van der Waals surface area contributed by atoms with Crippen LogP contribution in [-0.4, -0.2) is 43.7 Å². The molecular formula is C15H23ClN2O2. The zero-order valence-electron chi connectivity index (χ0n) is 11.9. The van der Waals surface area contributed by atoms with Gasteiger partial charge >= 0.3 is 0 Å². The minimum absolute atomic E-state index is 0. The molecule has 2 rings (SSSR count). The number of amides is 1. The van der Waals surface area contributed by atoms with Crippen LogP contribution in [0, 0.1) is 6.92 Å². The Morgan fingerprint density at radius 1 is 1.25 bits per heavy atom. The molecule has 0 aromatic heterocycles. The third kappa shape index (κ3) is 5.90. The molecule has 1 aliphatic rings. The van der Waals surface area contributed by atoms with Crippen LogP contribution in [0.4, 0.5) is 5.69 Å². The van der Waals surface area contributed by atoms with Crippen LogP contribution in [-0.2, 0) is 9.53 Å². The van der Waals surface area contributed by atoms with Crippen molar-refractivity contribution in [3.05, 3.63) is 29.8 Å². The third-order valence-electron chi connectivity index (χ3n) is 3.32. The highest BCUT2D eigenvalue weighted by Crippen LogP contribution is 2.09. The molecular weight excluding hydrogens is 276 g/mol. The summed E-state index contributed by atoms with van der Waals surface area (Å²) < 4.78 is 5.29. The van der Waals surface area contributed by atoms with Gasteiger partial charge in [-0.15, -0.1) is 12.4 Å². The van der Waals surface area contributed by atoms with E-state index in [1.54, 1.807) is 0 Å². The number of ether oxygens (including phenoxy) is 1. The van der Waals surface area contributed by atoms with Crippen LogP contribution in [0.15, 0.2) is 24.3 Å². The van der Waals surface area contributed by atoms with Crippen LogP contribution in [0.2, 0.25) is 0 Å². The van der Waals surface area contributed by atoms with E-state index in [0.717, 1.165) is 45.0 Å². The molecule has 1 saturated heterocycles. The molecule has 1 aliphatic heterocycles. The Balaban J connectivity index is 0.00000200. The Morgan fingerprint density at radius 2 is 1.90 bits per heavy atom. The lowest BCUT2D eigenvalue weighted by Crippen LogP contribution is -2.37. The van der Waals surface area contributed by atoms with E-state index in [0.29, 0.717) is 6.42 Å².